The van der Waals surface area contributed by atoms with E-state index in [1.54, 1.807) is 26.8 Å². The van der Waals surface area contributed by atoms with Crippen LogP contribution in [-0.2, 0) is 0 Å². The van der Waals surface area contributed by atoms with Crippen molar-refractivity contribution in [3.63, 3.8) is 0 Å². The summed E-state index contributed by atoms with van der Waals surface area (Å²) in [5.41, 5.74) is -3.08. The number of hydrogen-bond acceptors (Lipinski definition) is 3. The Morgan fingerprint density at radius 3 is 1.84 bits per heavy atom. The predicted octanol–water partition coefficient (Wildman–Crippen LogP) is 10.3. The Balaban J connectivity index is 2.23. The number of benzene rings is 2. The van der Waals surface area contributed by atoms with Gasteiger partial charge in [-0.05, 0) is 83.3 Å². The lowest BCUT2D eigenvalue weighted by atomic mass is 9.87. The van der Waals surface area contributed by atoms with Crippen LogP contribution in [0.1, 0.15) is 75.0 Å². The highest BCUT2D eigenvalue weighted by molar-refractivity contribution is 8.00. The maximum absolute atomic E-state index is 13.0. The first-order valence-corrected chi connectivity index (χ1v) is 12.6. The van der Waals surface area contributed by atoms with E-state index in [9.17, 15) is 39.5 Å². The molecule has 1 nitrogen and oxygen atoms in total. The Kier molecular flexibility index (Phi) is 10.2. The van der Waals surface area contributed by atoms with Gasteiger partial charge in [-0.1, -0.05) is 39.8 Å². The summed E-state index contributed by atoms with van der Waals surface area (Å²) in [5.74, 6) is -1.36. The van der Waals surface area contributed by atoms with Crippen molar-refractivity contribution in [3.8, 4) is 5.75 Å². The number of ether oxygens (including phenoxy) is 1. The minimum Gasteiger partial charge on any atom is -0.471 e. The lowest BCUT2D eigenvalue weighted by Crippen LogP contribution is -2.46. The normalized spacial score (nSPS) is 14.8. The molecule has 0 spiro atoms. The van der Waals surface area contributed by atoms with Gasteiger partial charge in [0.2, 0.25) is 0 Å². The van der Waals surface area contributed by atoms with E-state index in [-0.39, 0.29) is 34.1 Å². The lowest BCUT2D eigenvalue weighted by Gasteiger charge is -2.26. The van der Waals surface area contributed by atoms with Crippen LogP contribution in [0.4, 0.5) is 39.5 Å². The lowest BCUT2D eigenvalue weighted by molar-refractivity contribution is -0.300. The van der Waals surface area contributed by atoms with E-state index in [0.717, 1.165) is 6.07 Å². The Morgan fingerprint density at radius 1 is 0.757 bits per heavy atom. The number of thiol groups is 1. The number of alkyl halides is 9. The van der Waals surface area contributed by atoms with Crippen LogP contribution >= 0.6 is 24.4 Å². The first-order chi connectivity index (χ1) is 16.8. The third kappa shape index (κ3) is 9.23. The van der Waals surface area contributed by atoms with Gasteiger partial charge < -0.3 is 4.74 Å². The molecule has 12 heteroatoms. The molecule has 0 saturated heterocycles. The second kappa shape index (κ2) is 12.0. The molecule has 2 aromatic rings. The fourth-order valence-electron chi connectivity index (χ4n) is 3.84. The Hall–Kier alpha value is -1.69. The molecule has 2 rings (SSSR count). The van der Waals surface area contributed by atoms with Crippen LogP contribution in [0.25, 0.3) is 0 Å². The molecule has 0 fully saturated rings. The van der Waals surface area contributed by atoms with Gasteiger partial charge in [0.1, 0.15) is 5.75 Å². The molecule has 0 bridgehead atoms. The summed E-state index contributed by atoms with van der Waals surface area (Å²) in [6.45, 7) is 6.88. The van der Waals surface area contributed by atoms with E-state index in [0.29, 0.717) is 28.9 Å². The van der Waals surface area contributed by atoms with Gasteiger partial charge in [-0.15, -0.1) is 12.6 Å². The van der Waals surface area contributed by atoms with Gasteiger partial charge in [0.25, 0.3) is 6.10 Å². The smallest absolute Gasteiger partial charge is 0.446 e. The van der Waals surface area contributed by atoms with Gasteiger partial charge in [0.15, 0.2) is 0 Å². The zero-order valence-electron chi connectivity index (χ0n) is 20.4. The minimum absolute atomic E-state index is 0.0814. The largest absolute Gasteiger partial charge is 0.471 e. The van der Waals surface area contributed by atoms with Crippen molar-refractivity contribution in [1.82, 2.24) is 0 Å². The molecule has 0 saturated carbocycles. The molecule has 208 valence electrons. The molecule has 0 aliphatic carbocycles. The molecular formula is C25H27F9OS2. The Bertz CT molecular complexity index is 1030. The van der Waals surface area contributed by atoms with Crippen molar-refractivity contribution in [3.05, 3.63) is 53.1 Å². The first kappa shape index (κ1) is 31.5. The fraction of sp³-hybridized carbons (Fsp3) is 0.520. The monoisotopic (exact) mass is 578 g/mol. The highest BCUT2D eigenvalue weighted by Gasteiger charge is 2.59. The van der Waals surface area contributed by atoms with Crippen molar-refractivity contribution < 1.29 is 44.3 Å². The van der Waals surface area contributed by atoms with Crippen LogP contribution in [0.2, 0.25) is 0 Å². The fourth-order valence-corrected chi connectivity index (χ4v) is 4.82. The number of thioether (sulfide) groups is 1. The molecular weight excluding hydrogens is 551 g/mol. The van der Waals surface area contributed by atoms with Crippen LogP contribution in [0.15, 0.2) is 46.2 Å². The van der Waals surface area contributed by atoms with Crippen molar-refractivity contribution in [1.29, 1.82) is 0 Å². The third-order valence-electron chi connectivity index (χ3n) is 5.85. The quantitative estimate of drug-likeness (QED) is 0.180. The first-order valence-electron chi connectivity index (χ1n) is 11.3. The summed E-state index contributed by atoms with van der Waals surface area (Å²) in [6.07, 6.45) is -14.2. The van der Waals surface area contributed by atoms with Crippen LogP contribution in [-0.4, -0.2) is 24.0 Å². The maximum atomic E-state index is 13.0. The molecule has 0 radical (unpaired) electrons. The Labute approximate surface area is 219 Å². The zero-order chi connectivity index (χ0) is 28.3. The Morgan fingerprint density at radius 2 is 1.32 bits per heavy atom. The van der Waals surface area contributed by atoms with Crippen molar-refractivity contribution in [2.24, 2.45) is 0 Å². The minimum atomic E-state index is -5.64. The molecule has 0 aromatic heterocycles. The van der Waals surface area contributed by atoms with Gasteiger partial charge in [-0.25, -0.2) is 0 Å². The van der Waals surface area contributed by atoms with E-state index >= 15 is 0 Å². The molecule has 0 N–H and O–H groups in total. The average Bonchev–Trinajstić information content (AvgIpc) is 2.74. The summed E-state index contributed by atoms with van der Waals surface area (Å²) >= 11 is 4.03. The highest BCUT2D eigenvalue weighted by atomic mass is 32.2. The van der Waals surface area contributed by atoms with E-state index in [1.807, 2.05) is 6.92 Å². The van der Waals surface area contributed by atoms with Crippen molar-refractivity contribution in [2.45, 2.75) is 92.0 Å². The topological polar surface area (TPSA) is 9.23 Å². The molecule has 2 unspecified atom stereocenters. The molecule has 0 amide bonds. The molecule has 2 atom stereocenters. The second-order valence-electron chi connectivity index (χ2n) is 9.18. The zero-order valence-corrected chi connectivity index (χ0v) is 22.1. The third-order valence-corrected chi connectivity index (χ3v) is 6.95. The average molecular weight is 579 g/mol. The summed E-state index contributed by atoms with van der Waals surface area (Å²) in [7, 11) is 0. The van der Waals surface area contributed by atoms with E-state index in [2.05, 4.69) is 17.4 Å². The van der Waals surface area contributed by atoms with Gasteiger partial charge in [-0.2, -0.15) is 39.5 Å². The molecule has 2 aromatic carbocycles. The second-order valence-corrected chi connectivity index (χ2v) is 10.8. The SMILES string of the molecule is CC(C)c1cc(C(C)CCC(C)c2cc(S)ccc2SC(F)(F)F)ccc1OC(C(F)(F)F)C(F)(F)F. The number of rotatable bonds is 9. The van der Waals surface area contributed by atoms with Gasteiger partial charge >= 0.3 is 17.9 Å². The van der Waals surface area contributed by atoms with Gasteiger partial charge in [0.05, 0.1) is 0 Å². The van der Waals surface area contributed by atoms with Crippen molar-refractivity contribution in [2.75, 3.05) is 0 Å². The van der Waals surface area contributed by atoms with E-state index in [4.69, 9.17) is 0 Å². The molecule has 0 aliphatic rings. The summed E-state index contributed by atoms with van der Waals surface area (Å²) in [5, 5.41) is 0. The predicted molar refractivity (Wildman–Crippen MR) is 129 cm³/mol. The van der Waals surface area contributed by atoms with Gasteiger partial charge in [-0.3, -0.25) is 0 Å². The number of hydrogen-bond donors (Lipinski definition) is 1. The summed E-state index contributed by atoms with van der Waals surface area (Å²) in [6, 6.07) is 8.50. The summed E-state index contributed by atoms with van der Waals surface area (Å²) < 4.78 is 121. The molecule has 37 heavy (non-hydrogen) atoms. The maximum Gasteiger partial charge on any atom is 0.446 e. The molecule has 0 heterocycles. The summed E-state index contributed by atoms with van der Waals surface area (Å²) in [4.78, 5) is 0.604. The highest BCUT2D eigenvalue weighted by Crippen LogP contribution is 2.43. The van der Waals surface area contributed by atoms with E-state index in [1.165, 1.54) is 24.3 Å². The van der Waals surface area contributed by atoms with E-state index < -0.39 is 35.6 Å². The van der Waals surface area contributed by atoms with Crippen LogP contribution in [0.5, 0.6) is 5.75 Å². The van der Waals surface area contributed by atoms with Crippen LogP contribution in [0.3, 0.4) is 0 Å². The molecule has 0 aliphatic heterocycles. The van der Waals surface area contributed by atoms with Gasteiger partial charge in [0, 0.05) is 9.79 Å². The standard InChI is InChI=1S/C25H27F9OS2/c1-13(2)18-11-16(7-9-20(18)35-22(23(26,27)28)24(29,30)31)14(3)5-6-15(4)19-12-17(36)8-10-21(19)37-25(32,33)34/h7-15,22,36H,5-6H2,1-4H3. The van der Waals surface area contributed by atoms with Crippen LogP contribution < -0.4 is 4.74 Å². The van der Waals surface area contributed by atoms with Crippen molar-refractivity contribution >= 4 is 24.4 Å². The number of halogens is 9. The van der Waals surface area contributed by atoms with Crippen LogP contribution in [0, 0.1) is 0 Å².